The van der Waals surface area contributed by atoms with Crippen molar-refractivity contribution in [1.29, 1.82) is 0 Å². The molecule has 0 unspecified atom stereocenters. The Balaban J connectivity index is 2.31. The number of hydrogen-bond donors (Lipinski definition) is 1. The van der Waals surface area contributed by atoms with E-state index in [-0.39, 0.29) is 18.0 Å². The maximum Gasteiger partial charge on any atom is 0.331 e. The van der Waals surface area contributed by atoms with E-state index >= 15 is 0 Å². The number of esters is 1. The molecule has 2 rings (SSSR count). The number of para-hydroxylation sites is 1. The summed E-state index contributed by atoms with van der Waals surface area (Å²) in [6, 6.07) is 5.45. The molecule has 1 fully saturated rings. The third-order valence-electron chi connectivity index (χ3n) is 4.09. The quantitative estimate of drug-likeness (QED) is 0.826. The van der Waals surface area contributed by atoms with E-state index < -0.39 is 5.54 Å². The standard InChI is InChI=1S/C18H25NO4S/c1-12(2)23-15-13(3)6-5-7-14(15)16(20)19-18(17(21)22-4)8-10-24-11-9-18/h5-7,12H,8-11H2,1-4H3,(H,19,20). The second-order valence-electron chi connectivity index (χ2n) is 6.26. The highest BCUT2D eigenvalue weighted by molar-refractivity contribution is 7.99. The molecule has 0 spiro atoms. The van der Waals surface area contributed by atoms with Gasteiger partial charge in [-0.1, -0.05) is 12.1 Å². The van der Waals surface area contributed by atoms with Crippen LogP contribution in [0.2, 0.25) is 0 Å². The predicted molar refractivity (Wildman–Crippen MR) is 95.7 cm³/mol. The molecule has 0 saturated carbocycles. The Bertz CT molecular complexity index is 609. The summed E-state index contributed by atoms with van der Waals surface area (Å²) in [5.41, 5.74) is 0.392. The summed E-state index contributed by atoms with van der Waals surface area (Å²) in [6.45, 7) is 5.74. The third-order valence-corrected chi connectivity index (χ3v) is 5.07. The molecule has 1 aliphatic rings. The molecule has 0 bridgehead atoms. The number of methoxy groups -OCH3 is 1. The van der Waals surface area contributed by atoms with E-state index in [4.69, 9.17) is 9.47 Å². The number of thioether (sulfide) groups is 1. The fourth-order valence-electron chi connectivity index (χ4n) is 2.80. The minimum Gasteiger partial charge on any atom is -0.490 e. The number of carbonyl (C=O) groups excluding carboxylic acids is 2. The van der Waals surface area contributed by atoms with E-state index in [1.807, 2.05) is 32.9 Å². The van der Waals surface area contributed by atoms with Gasteiger partial charge in [-0.2, -0.15) is 11.8 Å². The highest BCUT2D eigenvalue weighted by Gasteiger charge is 2.42. The van der Waals surface area contributed by atoms with Crippen LogP contribution < -0.4 is 10.1 Å². The number of amides is 1. The molecular formula is C18H25NO4S. The van der Waals surface area contributed by atoms with Gasteiger partial charge in [-0.3, -0.25) is 4.79 Å². The first-order chi connectivity index (χ1) is 11.4. The molecule has 1 aliphatic heterocycles. The minimum absolute atomic E-state index is 0.0432. The van der Waals surface area contributed by atoms with Crippen LogP contribution in [0, 0.1) is 6.92 Å². The van der Waals surface area contributed by atoms with E-state index in [2.05, 4.69) is 5.32 Å². The largest absolute Gasteiger partial charge is 0.490 e. The number of aryl methyl sites for hydroxylation is 1. The van der Waals surface area contributed by atoms with E-state index in [9.17, 15) is 9.59 Å². The van der Waals surface area contributed by atoms with Gasteiger partial charge in [0.1, 0.15) is 11.3 Å². The normalized spacial score (nSPS) is 16.5. The minimum atomic E-state index is -0.948. The molecule has 1 amide bonds. The van der Waals surface area contributed by atoms with Crippen molar-refractivity contribution in [1.82, 2.24) is 5.32 Å². The van der Waals surface area contributed by atoms with E-state index in [1.54, 1.807) is 17.8 Å². The van der Waals surface area contributed by atoms with Crippen LogP contribution in [0.15, 0.2) is 18.2 Å². The Morgan fingerprint density at radius 1 is 1.25 bits per heavy atom. The molecule has 6 heteroatoms. The van der Waals surface area contributed by atoms with Gasteiger partial charge in [-0.25, -0.2) is 4.79 Å². The van der Waals surface area contributed by atoms with Gasteiger partial charge in [0, 0.05) is 0 Å². The lowest BCUT2D eigenvalue weighted by atomic mass is 9.91. The van der Waals surface area contributed by atoms with Crippen molar-refractivity contribution < 1.29 is 19.1 Å². The maximum absolute atomic E-state index is 12.9. The smallest absolute Gasteiger partial charge is 0.331 e. The molecule has 1 aromatic rings. The van der Waals surface area contributed by atoms with Gasteiger partial charge in [0.15, 0.2) is 0 Å². The molecule has 132 valence electrons. The summed E-state index contributed by atoms with van der Waals surface area (Å²) in [5, 5.41) is 2.93. The zero-order chi connectivity index (χ0) is 17.7. The number of ether oxygens (including phenoxy) is 2. The van der Waals surface area contributed by atoms with Gasteiger partial charge >= 0.3 is 5.97 Å². The highest BCUT2D eigenvalue weighted by atomic mass is 32.2. The van der Waals surface area contributed by atoms with Crippen LogP contribution in [0.5, 0.6) is 5.75 Å². The van der Waals surface area contributed by atoms with Gasteiger partial charge in [0.05, 0.1) is 18.8 Å². The molecule has 0 aliphatic carbocycles. The van der Waals surface area contributed by atoms with Gasteiger partial charge < -0.3 is 14.8 Å². The van der Waals surface area contributed by atoms with Gasteiger partial charge in [-0.15, -0.1) is 0 Å². The fourth-order valence-corrected chi connectivity index (χ4v) is 3.99. The summed E-state index contributed by atoms with van der Waals surface area (Å²) in [6.07, 6.45) is 1.10. The molecule has 1 saturated heterocycles. The molecule has 1 N–H and O–H groups in total. The fraction of sp³-hybridized carbons (Fsp3) is 0.556. The Morgan fingerprint density at radius 3 is 2.50 bits per heavy atom. The monoisotopic (exact) mass is 351 g/mol. The molecule has 0 atom stereocenters. The number of rotatable bonds is 5. The molecule has 0 aromatic heterocycles. The van der Waals surface area contributed by atoms with Gasteiger partial charge in [0.2, 0.25) is 0 Å². The second-order valence-corrected chi connectivity index (χ2v) is 7.48. The van der Waals surface area contributed by atoms with Crippen molar-refractivity contribution in [2.45, 2.75) is 45.3 Å². The average molecular weight is 351 g/mol. The first-order valence-electron chi connectivity index (χ1n) is 8.14. The lowest BCUT2D eigenvalue weighted by Gasteiger charge is -2.35. The SMILES string of the molecule is COC(=O)C1(NC(=O)c2cccc(C)c2OC(C)C)CCSCC1. The number of hydrogen-bond acceptors (Lipinski definition) is 5. The van der Waals surface area contributed by atoms with Crippen molar-refractivity contribution in [2.24, 2.45) is 0 Å². The average Bonchev–Trinajstić information content (AvgIpc) is 2.56. The maximum atomic E-state index is 12.9. The van der Waals surface area contributed by atoms with Crippen LogP contribution in [0.4, 0.5) is 0 Å². The Hall–Kier alpha value is -1.69. The van der Waals surface area contributed by atoms with Crippen molar-refractivity contribution in [3.8, 4) is 5.75 Å². The van der Waals surface area contributed by atoms with Crippen LogP contribution in [-0.2, 0) is 9.53 Å². The summed E-state index contributed by atoms with van der Waals surface area (Å²) < 4.78 is 10.8. The van der Waals surface area contributed by atoms with Crippen molar-refractivity contribution in [2.75, 3.05) is 18.6 Å². The zero-order valence-electron chi connectivity index (χ0n) is 14.7. The molecule has 1 heterocycles. The molecule has 24 heavy (non-hydrogen) atoms. The van der Waals surface area contributed by atoms with Crippen LogP contribution in [0.25, 0.3) is 0 Å². The van der Waals surface area contributed by atoms with Gasteiger partial charge in [0.25, 0.3) is 5.91 Å². The number of benzene rings is 1. The second kappa shape index (κ2) is 7.92. The van der Waals surface area contributed by atoms with Gasteiger partial charge in [-0.05, 0) is 56.7 Å². The molecular weight excluding hydrogens is 326 g/mol. The third kappa shape index (κ3) is 4.04. The van der Waals surface area contributed by atoms with Crippen LogP contribution in [0.3, 0.4) is 0 Å². The first-order valence-corrected chi connectivity index (χ1v) is 9.30. The van der Waals surface area contributed by atoms with Crippen molar-refractivity contribution in [3.05, 3.63) is 29.3 Å². The first kappa shape index (κ1) is 18.6. The lowest BCUT2D eigenvalue weighted by Crippen LogP contribution is -2.57. The number of nitrogens with one attached hydrogen (secondary N) is 1. The molecule has 1 aromatic carbocycles. The molecule has 0 radical (unpaired) electrons. The predicted octanol–water partition coefficient (Wildman–Crippen LogP) is 2.95. The highest BCUT2D eigenvalue weighted by Crippen LogP contribution is 2.30. The van der Waals surface area contributed by atoms with E-state index in [1.165, 1.54) is 7.11 Å². The van der Waals surface area contributed by atoms with Crippen LogP contribution >= 0.6 is 11.8 Å². The van der Waals surface area contributed by atoms with Crippen molar-refractivity contribution in [3.63, 3.8) is 0 Å². The summed E-state index contributed by atoms with van der Waals surface area (Å²) in [4.78, 5) is 25.2. The van der Waals surface area contributed by atoms with Crippen LogP contribution in [-0.4, -0.2) is 42.1 Å². The summed E-state index contributed by atoms with van der Waals surface area (Å²) in [5.74, 6) is 1.52. The van der Waals surface area contributed by atoms with E-state index in [0.29, 0.717) is 24.2 Å². The number of carbonyl (C=O) groups is 2. The lowest BCUT2D eigenvalue weighted by molar-refractivity contribution is -0.148. The molecule has 5 nitrogen and oxygen atoms in total. The Morgan fingerprint density at radius 2 is 1.92 bits per heavy atom. The Labute approximate surface area is 147 Å². The van der Waals surface area contributed by atoms with E-state index in [0.717, 1.165) is 17.1 Å². The summed E-state index contributed by atoms with van der Waals surface area (Å²) in [7, 11) is 1.36. The van der Waals surface area contributed by atoms with Crippen LogP contribution in [0.1, 0.15) is 42.6 Å². The zero-order valence-corrected chi connectivity index (χ0v) is 15.5. The summed E-state index contributed by atoms with van der Waals surface area (Å²) >= 11 is 1.78. The topological polar surface area (TPSA) is 64.6 Å². The van der Waals surface area contributed by atoms with Crippen molar-refractivity contribution >= 4 is 23.6 Å². The Kier molecular flexibility index (Phi) is 6.15.